The molecule has 0 saturated heterocycles. The highest BCUT2D eigenvalue weighted by Gasteiger charge is 2.25. The highest BCUT2D eigenvalue weighted by molar-refractivity contribution is 7.89. The zero-order valence-corrected chi connectivity index (χ0v) is 13.7. The highest BCUT2D eigenvalue weighted by Crippen LogP contribution is 2.29. The Hall–Kier alpha value is -1.11. The molecule has 0 atom stereocenters. The van der Waals surface area contributed by atoms with E-state index in [0.29, 0.717) is 24.8 Å². The van der Waals surface area contributed by atoms with Crippen LogP contribution in [-0.2, 0) is 14.8 Å². The lowest BCUT2D eigenvalue weighted by molar-refractivity contribution is 0.117. The normalized spacial score (nSPS) is 15.6. The van der Waals surface area contributed by atoms with Crippen LogP contribution in [0.3, 0.4) is 0 Å². The van der Waals surface area contributed by atoms with Crippen molar-refractivity contribution in [1.82, 2.24) is 4.31 Å². The van der Waals surface area contributed by atoms with Crippen LogP contribution >= 0.6 is 0 Å². The van der Waals surface area contributed by atoms with Crippen LogP contribution in [0.2, 0.25) is 0 Å². The number of nitrogens with zero attached hydrogens (tertiary/aromatic N) is 1. The van der Waals surface area contributed by atoms with E-state index >= 15 is 0 Å². The third-order valence-electron chi connectivity index (χ3n) is 3.93. The minimum atomic E-state index is -3.53. The number of anilines is 1. The van der Waals surface area contributed by atoms with E-state index in [4.69, 9.17) is 10.5 Å². The average Bonchev–Trinajstić information content (AvgIpc) is 3.22. The van der Waals surface area contributed by atoms with Crippen LogP contribution in [0.15, 0.2) is 17.0 Å². The van der Waals surface area contributed by atoms with Gasteiger partial charge >= 0.3 is 0 Å². The number of sulfonamides is 1. The molecule has 0 unspecified atom stereocenters. The van der Waals surface area contributed by atoms with Gasteiger partial charge in [0, 0.05) is 25.9 Å². The van der Waals surface area contributed by atoms with E-state index in [1.807, 2.05) is 6.92 Å². The molecule has 0 heterocycles. The van der Waals surface area contributed by atoms with Gasteiger partial charge in [0.25, 0.3) is 0 Å². The van der Waals surface area contributed by atoms with Crippen LogP contribution in [0.25, 0.3) is 0 Å². The Balaban J connectivity index is 2.05. The van der Waals surface area contributed by atoms with Gasteiger partial charge in [-0.3, -0.25) is 0 Å². The van der Waals surface area contributed by atoms with Gasteiger partial charge in [-0.25, -0.2) is 8.42 Å². The standard InChI is InChI=1S/C15H24N2O3S/c1-11-8-14(16)9-15(12(11)2)21(18,19)17(3)6-7-20-10-13-4-5-13/h8-9,13H,4-7,10,16H2,1-3H3. The van der Waals surface area contributed by atoms with Gasteiger partial charge in [-0.15, -0.1) is 0 Å². The number of benzene rings is 1. The fourth-order valence-electron chi connectivity index (χ4n) is 2.14. The molecule has 5 nitrogen and oxygen atoms in total. The molecule has 1 aromatic carbocycles. The lowest BCUT2D eigenvalue weighted by atomic mass is 10.1. The quantitative estimate of drug-likeness (QED) is 0.617. The Morgan fingerprint density at radius 1 is 1.33 bits per heavy atom. The zero-order valence-electron chi connectivity index (χ0n) is 12.9. The van der Waals surface area contributed by atoms with Crippen molar-refractivity contribution in [3.05, 3.63) is 23.3 Å². The van der Waals surface area contributed by atoms with Crippen molar-refractivity contribution in [1.29, 1.82) is 0 Å². The zero-order chi connectivity index (χ0) is 15.6. The Labute approximate surface area is 127 Å². The van der Waals surface area contributed by atoms with Crippen LogP contribution in [0.4, 0.5) is 5.69 Å². The van der Waals surface area contributed by atoms with E-state index in [2.05, 4.69) is 0 Å². The molecule has 0 spiro atoms. The molecule has 1 aliphatic rings. The van der Waals surface area contributed by atoms with Crippen LogP contribution in [0.5, 0.6) is 0 Å². The first kappa shape index (κ1) is 16.3. The van der Waals surface area contributed by atoms with Gasteiger partial charge in [0.15, 0.2) is 0 Å². The van der Waals surface area contributed by atoms with Gasteiger partial charge in [-0.1, -0.05) is 0 Å². The number of aryl methyl sites for hydroxylation is 1. The van der Waals surface area contributed by atoms with Crippen LogP contribution < -0.4 is 5.73 Å². The third-order valence-corrected chi connectivity index (χ3v) is 5.91. The number of hydrogen-bond acceptors (Lipinski definition) is 4. The first-order valence-electron chi connectivity index (χ1n) is 7.23. The fraction of sp³-hybridized carbons (Fsp3) is 0.600. The molecule has 0 amide bonds. The molecule has 2 N–H and O–H groups in total. The summed E-state index contributed by atoms with van der Waals surface area (Å²) >= 11 is 0. The summed E-state index contributed by atoms with van der Waals surface area (Å²) < 4.78 is 32.1. The maximum atomic E-state index is 12.6. The molecule has 0 radical (unpaired) electrons. The van der Waals surface area contributed by atoms with Crippen molar-refractivity contribution >= 4 is 15.7 Å². The van der Waals surface area contributed by atoms with E-state index in [0.717, 1.165) is 17.7 Å². The second-order valence-corrected chi connectivity index (χ2v) is 7.82. The largest absolute Gasteiger partial charge is 0.399 e. The second-order valence-electron chi connectivity index (χ2n) is 5.81. The Morgan fingerprint density at radius 3 is 2.62 bits per heavy atom. The Morgan fingerprint density at radius 2 is 2.00 bits per heavy atom. The van der Waals surface area contributed by atoms with E-state index in [9.17, 15) is 8.42 Å². The average molecular weight is 312 g/mol. The van der Waals surface area contributed by atoms with Gasteiger partial charge in [0.05, 0.1) is 11.5 Å². The molecule has 6 heteroatoms. The molecule has 1 saturated carbocycles. The van der Waals surface area contributed by atoms with Gasteiger partial charge in [-0.05, 0) is 55.9 Å². The molecule has 118 valence electrons. The minimum absolute atomic E-state index is 0.282. The summed E-state index contributed by atoms with van der Waals surface area (Å²) in [6.07, 6.45) is 2.46. The number of nitrogens with two attached hydrogens (primary N) is 1. The van der Waals surface area contributed by atoms with E-state index in [1.54, 1.807) is 20.0 Å². The Bertz CT molecular complexity index is 610. The maximum Gasteiger partial charge on any atom is 0.243 e. The number of likely N-dealkylation sites (N-methyl/N-ethyl adjacent to an activating group) is 1. The van der Waals surface area contributed by atoms with Crippen molar-refractivity contribution in [2.24, 2.45) is 5.92 Å². The number of rotatable bonds is 7. The van der Waals surface area contributed by atoms with Gasteiger partial charge in [0.2, 0.25) is 10.0 Å². The van der Waals surface area contributed by atoms with E-state index in [-0.39, 0.29) is 4.90 Å². The molecular formula is C15H24N2O3S. The number of nitrogen functional groups attached to an aromatic ring is 1. The SMILES string of the molecule is Cc1cc(N)cc(S(=O)(=O)N(C)CCOCC2CC2)c1C. The molecule has 0 aromatic heterocycles. The first-order valence-corrected chi connectivity index (χ1v) is 8.67. The second kappa shape index (κ2) is 6.34. The van der Waals surface area contributed by atoms with Crippen LogP contribution in [0.1, 0.15) is 24.0 Å². The summed E-state index contributed by atoms with van der Waals surface area (Å²) in [6.45, 7) is 5.18. The van der Waals surface area contributed by atoms with E-state index in [1.165, 1.54) is 23.2 Å². The van der Waals surface area contributed by atoms with Gasteiger partial charge in [-0.2, -0.15) is 4.31 Å². The van der Waals surface area contributed by atoms with E-state index < -0.39 is 10.0 Å². The maximum absolute atomic E-state index is 12.6. The monoisotopic (exact) mass is 312 g/mol. The smallest absolute Gasteiger partial charge is 0.243 e. The summed E-state index contributed by atoms with van der Waals surface area (Å²) in [5.74, 6) is 0.686. The number of ether oxygens (including phenoxy) is 1. The van der Waals surface area contributed by atoms with Gasteiger partial charge in [0.1, 0.15) is 0 Å². The summed E-state index contributed by atoms with van der Waals surface area (Å²) in [6, 6.07) is 3.31. The molecule has 1 aliphatic carbocycles. The molecular weight excluding hydrogens is 288 g/mol. The predicted octanol–water partition coefficient (Wildman–Crippen LogP) is 1.93. The number of hydrogen-bond donors (Lipinski definition) is 1. The molecule has 0 aliphatic heterocycles. The summed E-state index contributed by atoms with van der Waals surface area (Å²) in [5, 5.41) is 0. The minimum Gasteiger partial charge on any atom is -0.399 e. The molecule has 1 fully saturated rings. The first-order chi connectivity index (χ1) is 9.82. The Kier molecular flexibility index (Phi) is 4.91. The van der Waals surface area contributed by atoms with Crippen molar-refractivity contribution < 1.29 is 13.2 Å². The van der Waals surface area contributed by atoms with Gasteiger partial charge < -0.3 is 10.5 Å². The van der Waals surface area contributed by atoms with Crippen molar-refractivity contribution in [2.75, 3.05) is 32.5 Å². The predicted molar refractivity (Wildman–Crippen MR) is 83.7 cm³/mol. The molecule has 2 rings (SSSR count). The third kappa shape index (κ3) is 3.96. The molecule has 0 bridgehead atoms. The highest BCUT2D eigenvalue weighted by atomic mass is 32.2. The van der Waals surface area contributed by atoms with Crippen molar-refractivity contribution in [3.63, 3.8) is 0 Å². The lowest BCUT2D eigenvalue weighted by Gasteiger charge is -2.19. The molecule has 21 heavy (non-hydrogen) atoms. The van der Waals surface area contributed by atoms with Crippen LogP contribution in [-0.4, -0.2) is 39.5 Å². The lowest BCUT2D eigenvalue weighted by Crippen LogP contribution is -2.31. The summed E-state index contributed by atoms with van der Waals surface area (Å²) in [4.78, 5) is 0.282. The van der Waals surface area contributed by atoms with Crippen molar-refractivity contribution in [3.8, 4) is 0 Å². The molecule has 1 aromatic rings. The van der Waals surface area contributed by atoms with Crippen LogP contribution in [0, 0.1) is 19.8 Å². The van der Waals surface area contributed by atoms with Crippen molar-refractivity contribution in [2.45, 2.75) is 31.6 Å². The topological polar surface area (TPSA) is 72.6 Å². The summed E-state index contributed by atoms with van der Waals surface area (Å²) in [5.41, 5.74) is 7.87. The fourth-order valence-corrected chi connectivity index (χ4v) is 3.62. The summed E-state index contributed by atoms with van der Waals surface area (Å²) in [7, 11) is -1.95.